The fraction of sp³-hybridized carbons (Fsp3) is 0.450. The zero-order valence-corrected chi connectivity index (χ0v) is 17.6. The van der Waals surface area contributed by atoms with Crippen LogP contribution in [-0.4, -0.2) is 53.4 Å². The number of amides is 6. The molecule has 1 aliphatic rings. The Hall–Kier alpha value is -3.43. The zero-order chi connectivity index (χ0) is 22.7. The first-order valence-electron chi connectivity index (χ1n) is 9.31. The predicted molar refractivity (Wildman–Crippen MR) is 106 cm³/mol. The van der Waals surface area contributed by atoms with Gasteiger partial charge in [0.25, 0.3) is 11.8 Å². The molecule has 10 nitrogen and oxygen atoms in total. The lowest BCUT2D eigenvalue weighted by atomic mass is 9.91. The number of esters is 1. The number of aryl methyl sites for hydroxylation is 1. The van der Waals surface area contributed by atoms with Crippen LogP contribution in [0.25, 0.3) is 0 Å². The van der Waals surface area contributed by atoms with Crippen LogP contribution in [0.4, 0.5) is 9.59 Å². The Labute approximate surface area is 174 Å². The summed E-state index contributed by atoms with van der Waals surface area (Å²) >= 11 is 0. The molecule has 162 valence electrons. The third kappa shape index (κ3) is 5.56. The Morgan fingerprint density at radius 1 is 1.13 bits per heavy atom. The van der Waals surface area contributed by atoms with E-state index >= 15 is 0 Å². The molecule has 0 saturated carbocycles. The SMILES string of the molecule is Cc1ccc([C@@]2(C)NC(=O)N(CC(=O)OCC(=O)NC(=O)NC(C)(C)C)C2=O)cc1. The van der Waals surface area contributed by atoms with Crippen LogP contribution in [0.3, 0.4) is 0 Å². The molecule has 1 aliphatic heterocycles. The van der Waals surface area contributed by atoms with Crippen molar-refractivity contribution in [2.75, 3.05) is 13.2 Å². The summed E-state index contributed by atoms with van der Waals surface area (Å²) in [5, 5.41) is 7.12. The van der Waals surface area contributed by atoms with Crippen LogP contribution in [-0.2, 0) is 24.7 Å². The monoisotopic (exact) mass is 418 g/mol. The number of nitrogens with zero attached hydrogens (tertiary/aromatic N) is 1. The summed E-state index contributed by atoms with van der Waals surface area (Å²) in [5.74, 6) is -2.41. The Balaban J connectivity index is 1.91. The van der Waals surface area contributed by atoms with Crippen molar-refractivity contribution in [1.82, 2.24) is 20.9 Å². The molecule has 0 bridgehead atoms. The number of imide groups is 2. The van der Waals surface area contributed by atoms with Gasteiger partial charge in [0, 0.05) is 5.54 Å². The summed E-state index contributed by atoms with van der Waals surface area (Å²) in [7, 11) is 0. The fourth-order valence-electron chi connectivity index (χ4n) is 2.78. The predicted octanol–water partition coefficient (Wildman–Crippen LogP) is 0.930. The van der Waals surface area contributed by atoms with E-state index in [1.54, 1.807) is 39.8 Å². The quantitative estimate of drug-likeness (QED) is 0.481. The van der Waals surface area contributed by atoms with Crippen molar-refractivity contribution in [3.05, 3.63) is 35.4 Å². The minimum Gasteiger partial charge on any atom is -0.454 e. The highest BCUT2D eigenvalue weighted by molar-refractivity contribution is 6.09. The van der Waals surface area contributed by atoms with Gasteiger partial charge in [-0.05, 0) is 40.2 Å². The molecule has 1 heterocycles. The van der Waals surface area contributed by atoms with E-state index in [0.29, 0.717) is 5.56 Å². The van der Waals surface area contributed by atoms with Gasteiger partial charge in [-0.25, -0.2) is 9.59 Å². The molecule has 1 saturated heterocycles. The maximum absolute atomic E-state index is 12.8. The third-order valence-corrected chi connectivity index (χ3v) is 4.30. The molecule has 30 heavy (non-hydrogen) atoms. The van der Waals surface area contributed by atoms with Crippen LogP contribution in [0.15, 0.2) is 24.3 Å². The lowest BCUT2D eigenvalue weighted by molar-refractivity contribution is -0.150. The average Bonchev–Trinajstić information content (AvgIpc) is 2.83. The third-order valence-electron chi connectivity index (χ3n) is 4.30. The summed E-state index contributed by atoms with van der Waals surface area (Å²) in [4.78, 5) is 61.1. The van der Waals surface area contributed by atoms with E-state index in [1.807, 2.05) is 24.4 Å². The molecule has 0 aromatic heterocycles. The van der Waals surface area contributed by atoms with E-state index in [0.717, 1.165) is 10.5 Å². The Kier molecular flexibility index (Phi) is 6.49. The van der Waals surface area contributed by atoms with Crippen LogP contribution >= 0.6 is 0 Å². The van der Waals surface area contributed by atoms with E-state index in [-0.39, 0.29) is 0 Å². The first-order valence-corrected chi connectivity index (χ1v) is 9.31. The minimum absolute atomic E-state index is 0.547. The van der Waals surface area contributed by atoms with Crippen LogP contribution < -0.4 is 16.0 Å². The van der Waals surface area contributed by atoms with Gasteiger partial charge in [-0.2, -0.15) is 0 Å². The molecule has 0 radical (unpaired) electrons. The first-order chi connectivity index (χ1) is 13.8. The molecule has 1 fully saturated rings. The second kappa shape index (κ2) is 8.52. The number of hydrogen-bond acceptors (Lipinski definition) is 6. The Morgan fingerprint density at radius 3 is 2.30 bits per heavy atom. The van der Waals surface area contributed by atoms with E-state index < -0.39 is 54.1 Å². The molecule has 1 aromatic carbocycles. The highest BCUT2D eigenvalue weighted by Gasteiger charge is 2.49. The van der Waals surface area contributed by atoms with Gasteiger partial charge < -0.3 is 15.4 Å². The van der Waals surface area contributed by atoms with Crippen molar-refractivity contribution in [3.8, 4) is 0 Å². The van der Waals surface area contributed by atoms with Gasteiger partial charge in [-0.1, -0.05) is 29.8 Å². The van der Waals surface area contributed by atoms with Crippen LogP contribution in [0, 0.1) is 6.92 Å². The van der Waals surface area contributed by atoms with E-state index in [2.05, 4.69) is 10.6 Å². The highest BCUT2D eigenvalue weighted by atomic mass is 16.5. The lowest BCUT2D eigenvalue weighted by Crippen LogP contribution is -2.49. The number of ether oxygens (including phenoxy) is 1. The van der Waals surface area contributed by atoms with Gasteiger partial charge in [0.1, 0.15) is 12.1 Å². The molecule has 1 atom stereocenters. The van der Waals surface area contributed by atoms with Crippen molar-refractivity contribution < 1.29 is 28.7 Å². The molecule has 0 spiro atoms. The van der Waals surface area contributed by atoms with Crippen LogP contribution in [0.2, 0.25) is 0 Å². The second-order valence-electron chi connectivity index (χ2n) is 8.23. The van der Waals surface area contributed by atoms with Crippen molar-refractivity contribution in [3.63, 3.8) is 0 Å². The maximum atomic E-state index is 12.8. The Bertz CT molecular complexity index is 874. The first kappa shape index (κ1) is 22.9. The highest BCUT2D eigenvalue weighted by Crippen LogP contribution is 2.28. The largest absolute Gasteiger partial charge is 0.454 e. The molecular formula is C20H26N4O6. The van der Waals surface area contributed by atoms with Gasteiger partial charge in [-0.3, -0.25) is 24.6 Å². The smallest absolute Gasteiger partial charge is 0.326 e. The molecule has 0 aliphatic carbocycles. The van der Waals surface area contributed by atoms with Crippen molar-refractivity contribution >= 4 is 29.8 Å². The van der Waals surface area contributed by atoms with Crippen LogP contribution in [0.5, 0.6) is 0 Å². The summed E-state index contributed by atoms with van der Waals surface area (Å²) in [5.41, 5.74) is -0.289. The number of urea groups is 2. The van der Waals surface area contributed by atoms with Crippen molar-refractivity contribution in [2.24, 2.45) is 0 Å². The number of benzene rings is 1. The molecule has 1 aromatic rings. The fourth-order valence-corrected chi connectivity index (χ4v) is 2.78. The average molecular weight is 418 g/mol. The summed E-state index contributed by atoms with van der Waals surface area (Å²) in [6, 6.07) is 5.60. The lowest BCUT2D eigenvalue weighted by Gasteiger charge is -2.22. The molecular weight excluding hydrogens is 392 g/mol. The molecule has 6 amide bonds. The Morgan fingerprint density at radius 2 is 1.73 bits per heavy atom. The number of hydrogen-bond donors (Lipinski definition) is 3. The van der Waals surface area contributed by atoms with Crippen molar-refractivity contribution in [2.45, 2.75) is 45.7 Å². The van der Waals surface area contributed by atoms with Gasteiger partial charge >= 0.3 is 18.0 Å². The normalized spacial score (nSPS) is 18.6. The maximum Gasteiger partial charge on any atom is 0.326 e. The zero-order valence-electron chi connectivity index (χ0n) is 17.6. The minimum atomic E-state index is -1.31. The van der Waals surface area contributed by atoms with Crippen molar-refractivity contribution in [1.29, 1.82) is 0 Å². The standard InChI is InChI=1S/C20H26N4O6/c1-12-6-8-13(9-7-12)20(5)16(27)24(18(29)23-20)10-15(26)30-11-14(25)21-17(28)22-19(2,3)4/h6-9H,10-11H2,1-5H3,(H,23,29)(H2,21,22,25,28)/t20-/m1/s1. The second-order valence-corrected chi connectivity index (χ2v) is 8.23. The molecule has 3 N–H and O–H groups in total. The topological polar surface area (TPSA) is 134 Å². The number of carbonyl (C=O) groups is 5. The molecule has 2 rings (SSSR count). The molecule has 0 unspecified atom stereocenters. The number of rotatable bonds is 5. The van der Waals surface area contributed by atoms with Gasteiger partial charge in [0.15, 0.2) is 6.61 Å². The summed E-state index contributed by atoms with van der Waals surface area (Å²) in [6.07, 6.45) is 0. The number of carbonyl (C=O) groups excluding carboxylic acids is 5. The number of nitrogens with one attached hydrogen (secondary N) is 3. The van der Waals surface area contributed by atoms with E-state index in [1.165, 1.54) is 0 Å². The van der Waals surface area contributed by atoms with Gasteiger partial charge in [0.2, 0.25) is 0 Å². The van der Waals surface area contributed by atoms with Gasteiger partial charge in [0.05, 0.1) is 0 Å². The van der Waals surface area contributed by atoms with E-state index in [4.69, 9.17) is 4.74 Å². The molecule has 10 heteroatoms. The van der Waals surface area contributed by atoms with Crippen LogP contribution in [0.1, 0.15) is 38.8 Å². The summed E-state index contributed by atoms with van der Waals surface area (Å²) < 4.78 is 4.78. The van der Waals surface area contributed by atoms with E-state index in [9.17, 15) is 24.0 Å². The van der Waals surface area contributed by atoms with Gasteiger partial charge in [-0.15, -0.1) is 0 Å². The summed E-state index contributed by atoms with van der Waals surface area (Å²) in [6.45, 7) is 7.26.